The van der Waals surface area contributed by atoms with Crippen LogP contribution in [0, 0.1) is 10.1 Å². The number of amides is 1. The first-order valence-corrected chi connectivity index (χ1v) is 11.2. The summed E-state index contributed by atoms with van der Waals surface area (Å²) in [6, 6.07) is 4.25. The van der Waals surface area contributed by atoms with Crippen LogP contribution in [0.3, 0.4) is 0 Å². The van der Waals surface area contributed by atoms with Crippen LogP contribution >= 0.6 is 0 Å². The third-order valence-corrected chi connectivity index (χ3v) is 4.74. The van der Waals surface area contributed by atoms with Crippen molar-refractivity contribution in [2.45, 2.75) is 90.7 Å². The zero-order valence-electron chi connectivity index (χ0n) is 19.4. The molecule has 0 heterocycles. The standard InChI is InChI=1S/C24H38N2O5/c1-5-6-7-8-9-10-11-12-13-19-14-15-22(26(29)30)20(16-19)17-21(18-27)25-23(28)31-24(2,3)4/h12-16,21,27H,5-11,17-18H2,1-4H3,(H,25,28)/b13-12+. The van der Waals surface area contributed by atoms with E-state index in [9.17, 15) is 20.0 Å². The quantitative estimate of drug-likeness (QED) is 0.232. The van der Waals surface area contributed by atoms with Gasteiger partial charge in [0.1, 0.15) is 5.60 Å². The van der Waals surface area contributed by atoms with Crippen LogP contribution in [0.25, 0.3) is 6.08 Å². The van der Waals surface area contributed by atoms with Gasteiger partial charge in [0.2, 0.25) is 0 Å². The van der Waals surface area contributed by atoms with Crippen molar-refractivity contribution in [3.8, 4) is 0 Å². The monoisotopic (exact) mass is 434 g/mol. The Balaban J connectivity index is 2.75. The lowest BCUT2D eigenvalue weighted by Crippen LogP contribution is -2.42. The highest BCUT2D eigenvalue weighted by Crippen LogP contribution is 2.23. The number of carbonyl (C=O) groups is 1. The molecule has 174 valence electrons. The smallest absolute Gasteiger partial charge is 0.407 e. The molecule has 0 saturated heterocycles. The molecule has 0 aliphatic rings. The molecule has 0 saturated carbocycles. The van der Waals surface area contributed by atoms with Crippen molar-refractivity contribution < 1.29 is 19.6 Å². The van der Waals surface area contributed by atoms with Crippen molar-refractivity contribution >= 4 is 17.9 Å². The number of hydrogen-bond acceptors (Lipinski definition) is 5. The van der Waals surface area contributed by atoms with Gasteiger partial charge in [-0.3, -0.25) is 10.1 Å². The number of hydrogen-bond donors (Lipinski definition) is 2. The van der Waals surface area contributed by atoms with Crippen molar-refractivity contribution in [2.75, 3.05) is 6.61 Å². The lowest BCUT2D eigenvalue weighted by atomic mass is 10.0. The van der Waals surface area contributed by atoms with E-state index in [2.05, 4.69) is 18.3 Å². The molecule has 1 unspecified atom stereocenters. The van der Waals surface area contributed by atoms with E-state index in [1.807, 2.05) is 6.08 Å². The van der Waals surface area contributed by atoms with E-state index in [1.165, 1.54) is 38.2 Å². The molecular weight excluding hydrogens is 396 g/mol. The molecule has 1 rings (SSSR count). The number of nitro benzene ring substituents is 1. The zero-order chi connectivity index (χ0) is 23.3. The Morgan fingerprint density at radius 1 is 1.23 bits per heavy atom. The molecule has 0 bridgehead atoms. The van der Waals surface area contributed by atoms with Gasteiger partial charge in [0.15, 0.2) is 0 Å². The summed E-state index contributed by atoms with van der Waals surface area (Å²) in [5.74, 6) is 0. The molecular formula is C24H38N2O5. The molecule has 7 nitrogen and oxygen atoms in total. The Hall–Kier alpha value is -2.41. The van der Waals surface area contributed by atoms with E-state index < -0.39 is 22.7 Å². The Morgan fingerprint density at radius 2 is 1.90 bits per heavy atom. The summed E-state index contributed by atoms with van der Waals surface area (Å²) in [6.45, 7) is 7.08. The van der Waals surface area contributed by atoms with Gasteiger partial charge in [0.05, 0.1) is 17.6 Å². The number of carbonyl (C=O) groups excluding carboxylic acids is 1. The van der Waals surface area contributed by atoms with Crippen LogP contribution in [0.2, 0.25) is 0 Å². The minimum Gasteiger partial charge on any atom is -0.444 e. The van der Waals surface area contributed by atoms with Gasteiger partial charge in [-0.05, 0) is 51.3 Å². The SMILES string of the molecule is CCCCCCCC/C=C/c1ccc([N+](=O)[O-])c(CC(CO)NC(=O)OC(C)(C)C)c1. The molecule has 7 heteroatoms. The molecule has 1 aromatic carbocycles. The third kappa shape index (κ3) is 11.5. The lowest BCUT2D eigenvalue weighted by molar-refractivity contribution is -0.385. The van der Waals surface area contributed by atoms with Crippen molar-refractivity contribution in [3.05, 3.63) is 45.5 Å². The van der Waals surface area contributed by atoms with Crippen LogP contribution in [0.15, 0.2) is 24.3 Å². The summed E-state index contributed by atoms with van der Waals surface area (Å²) in [5.41, 5.74) is 0.622. The van der Waals surface area contributed by atoms with Crippen LogP contribution < -0.4 is 5.32 Å². The number of alkyl carbamates (subject to hydrolysis) is 1. The number of aliphatic hydroxyl groups is 1. The molecule has 0 aromatic heterocycles. The average molecular weight is 435 g/mol. The molecule has 0 aliphatic carbocycles. The predicted molar refractivity (Wildman–Crippen MR) is 124 cm³/mol. The van der Waals surface area contributed by atoms with Gasteiger partial charge in [0, 0.05) is 18.1 Å². The van der Waals surface area contributed by atoms with E-state index in [1.54, 1.807) is 32.9 Å². The molecule has 2 N–H and O–H groups in total. The number of nitrogens with zero attached hydrogens (tertiary/aromatic N) is 1. The van der Waals surface area contributed by atoms with E-state index in [-0.39, 0.29) is 18.7 Å². The normalized spacial score (nSPS) is 12.7. The van der Waals surface area contributed by atoms with Crippen molar-refractivity contribution in [2.24, 2.45) is 0 Å². The van der Waals surface area contributed by atoms with Gasteiger partial charge in [-0.1, -0.05) is 51.2 Å². The second kappa shape index (κ2) is 13.8. The fourth-order valence-corrected chi connectivity index (χ4v) is 3.21. The molecule has 0 fully saturated rings. The van der Waals surface area contributed by atoms with Gasteiger partial charge in [-0.2, -0.15) is 0 Å². The van der Waals surface area contributed by atoms with Crippen LogP contribution in [0.5, 0.6) is 0 Å². The van der Waals surface area contributed by atoms with Crippen LogP contribution in [-0.4, -0.2) is 34.4 Å². The third-order valence-electron chi connectivity index (χ3n) is 4.74. The first kappa shape index (κ1) is 26.6. The predicted octanol–water partition coefficient (Wildman–Crippen LogP) is 5.79. The number of benzene rings is 1. The highest BCUT2D eigenvalue weighted by atomic mass is 16.6. The fourth-order valence-electron chi connectivity index (χ4n) is 3.21. The highest BCUT2D eigenvalue weighted by Gasteiger charge is 2.22. The first-order valence-electron chi connectivity index (χ1n) is 11.2. The van der Waals surface area contributed by atoms with Gasteiger partial charge in [0.25, 0.3) is 5.69 Å². The molecule has 1 amide bonds. The van der Waals surface area contributed by atoms with Crippen molar-refractivity contribution in [1.29, 1.82) is 0 Å². The van der Waals surface area contributed by atoms with E-state index in [0.717, 1.165) is 18.4 Å². The summed E-state index contributed by atoms with van der Waals surface area (Å²) in [7, 11) is 0. The molecule has 0 radical (unpaired) electrons. The fraction of sp³-hybridized carbons (Fsp3) is 0.625. The van der Waals surface area contributed by atoms with Crippen LogP contribution in [-0.2, 0) is 11.2 Å². The molecule has 0 aliphatic heterocycles. The second-order valence-electron chi connectivity index (χ2n) is 8.83. The first-order chi connectivity index (χ1) is 14.7. The second-order valence-corrected chi connectivity index (χ2v) is 8.83. The Bertz CT molecular complexity index is 725. The molecule has 31 heavy (non-hydrogen) atoms. The van der Waals surface area contributed by atoms with Crippen molar-refractivity contribution in [3.63, 3.8) is 0 Å². The molecule has 1 atom stereocenters. The maximum atomic E-state index is 12.0. The number of ether oxygens (including phenoxy) is 1. The summed E-state index contributed by atoms with van der Waals surface area (Å²) < 4.78 is 5.21. The van der Waals surface area contributed by atoms with Crippen LogP contribution in [0.1, 0.15) is 83.8 Å². The van der Waals surface area contributed by atoms with Gasteiger partial charge in [-0.15, -0.1) is 0 Å². The molecule has 0 spiro atoms. The Morgan fingerprint density at radius 3 is 2.52 bits per heavy atom. The van der Waals surface area contributed by atoms with Crippen molar-refractivity contribution in [1.82, 2.24) is 5.32 Å². The zero-order valence-corrected chi connectivity index (χ0v) is 19.4. The minimum absolute atomic E-state index is 0.0301. The average Bonchev–Trinajstić information content (AvgIpc) is 2.68. The van der Waals surface area contributed by atoms with Crippen LogP contribution in [0.4, 0.5) is 10.5 Å². The summed E-state index contributed by atoms with van der Waals surface area (Å²) in [5, 5.41) is 23.7. The topological polar surface area (TPSA) is 102 Å². The largest absolute Gasteiger partial charge is 0.444 e. The minimum atomic E-state index is -0.684. The van der Waals surface area contributed by atoms with Gasteiger partial charge in [-0.25, -0.2) is 4.79 Å². The highest BCUT2D eigenvalue weighted by molar-refractivity contribution is 5.68. The van der Waals surface area contributed by atoms with Gasteiger partial charge >= 0.3 is 6.09 Å². The summed E-state index contributed by atoms with van der Waals surface area (Å²) in [6.07, 6.45) is 11.9. The number of rotatable bonds is 13. The maximum absolute atomic E-state index is 12.0. The number of aliphatic hydroxyl groups excluding tert-OH is 1. The van der Waals surface area contributed by atoms with E-state index in [4.69, 9.17) is 4.74 Å². The lowest BCUT2D eigenvalue weighted by Gasteiger charge is -2.22. The summed E-state index contributed by atoms with van der Waals surface area (Å²) in [4.78, 5) is 23.0. The Labute approximate surface area is 186 Å². The number of unbranched alkanes of at least 4 members (excludes halogenated alkanes) is 6. The summed E-state index contributed by atoms with van der Waals surface area (Å²) >= 11 is 0. The maximum Gasteiger partial charge on any atom is 0.407 e. The molecule has 1 aromatic rings. The van der Waals surface area contributed by atoms with Gasteiger partial charge < -0.3 is 15.2 Å². The number of nitro groups is 1. The number of nitrogens with one attached hydrogen (secondary N) is 1. The number of allylic oxidation sites excluding steroid dienone is 1. The van der Waals surface area contributed by atoms with E-state index >= 15 is 0 Å². The Kier molecular flexibility index (Phi) is 11.9. The van der Waals surface area contributed by atoms with E-state index in [0.29, 0.717) is 5.56 Å².